The molecule has 0 aliphatic heterocycles. The van der Waals surface area contributed by atoms with Crippen molar-refractivity contribution in [1.29, 1.82) is 0 Å². The predicted molar refractivity (Wildman–Crippen MR) is 38.6 cm³/mol. The fraction of sp³-hybridized carbons (Fsp3) is 0.333. The van der Waals surface area contributed by atoms with Crippen LogP contribution in [-0.2, 0) is 11.2 Å². The molecule has 6 nitrogen and oxygen atoms in total. The van der Waals surface area contributed by atoms with Crippen molar-refractivity contribution in [2.24, 2.45) is 0 Å². The third-order valence-corrected chi connectivity index (χ3v) is 1.43. The van der Waals surface area contributed by atoms with Gasteiger partial charge in [-0.3, -0.25) is 4.79 Å². The third-order valence-electron chi connectivity index (χ3n) is 1.43. The average molecular weight is 171 g/mol. The van der Waals surface area contributed by atoms with Crippen LogP contribution in [0, 0.1) is 0 Å². The normalized spacial score (nSPS) is 12.8. The van der Waals surface area contributed by atoms with Crippen LogP contribution in [0.2, 0.25) is 0 Å². The van der Waals surface area contributed by atoms with Crippen LogP contribution in [0.25, 0.3) is 0 Å². The molecule has 0 saturated carbocycles. The molecule has 4 N–H and O–H groups in total. The number of rotatable bonds is 4. The summed E-state index contributed by atoms with van der Waals surface area (Å²) in [6, 6.07) is -0.995. The highest BCUT2D eigenvalue weighted by Gasteiger charge is 2.16. The van der Waals surface area contributed by atoms with E-state index in [-0.39, 0.29) is 6.42 Å². The van der Waals surface area contributed by atoms with Gasteiger partial charge in [0.25, 0.3) is 0 Å². The lowest BCUT2D eigenvalue weighted by molar-refractivity contribution is -0.142. The van der Waals surface area contributed by atoms with Crippen molar-refractivity contribution in [2.45, 2.75) is 12.5 Å². The number of carboxylic acid groups (broad SMARTS) is 1. The van der Waals surface area contributed by atoms with Gasteiger partial charge in [0.2, 0.25) is 0 Å². The Kier molecular flexibility index (Phi) is 2.78. The molecule has 0 bridgehead atoms. The van der Waals surface area contributed by atoms with Crippen molar-refractivity contribution in [2.75, 3.05) is 0 Å². The fourth-order valence-electron chi connectivity index (χ4n) is 0.804. The summed E-state index contributed by atoms with van der Waals surface area (Å²) in [6.07, 6.45) is 3.13. The molecule has 0 aliphatic carbocycles. The minimum atomic E-state index is -1.10. The number of hydroxylamine groups is 1. The number of nitrogens with one attached hydrogen (secondary N) is 2. The molecule has 66 valence electrons. The molecule has 0 amide bonds. The fourth-order valence-corrected chi connectivity index (χ4v) is 0.804. The van der Waals surface area contributed by atoms with E-state index in [9.17, 15) is 4.79 Å². The Labute approximate surface area is 68.2 Å². The van der Waals surface area contributed by atoms with Gasteiger partial charge in [-0.05, 0) is 0 Å². The second-order valence-electron chi connectivity index (χ2n) is 2.30. The third kappa shape index (κ3) is 2.04. The van der Waals surface area contributed by atoms with E-state index in [2.05, 4.69) is 9.97 Å². The second kappa shape index (κ2) is 3.84. The number of imidazole rings is 1. The lowest BCUT2D eigenvalue weighted by atomic mass is 10.2. The molecule has 1 aromatic rings. The predicted octanol–water partition coefficient (Wildman–Crippen LogP) is -0.616. The van der Waals surface area contributed by atoms with Crippen LogP contribution >= 0.6 is 0 Å². The SMILES string of the molecule is O=C(O)[C@@H](Cc1cnc[nH]1)NO. The summed E-state index contributed by atoms with van der Waals surface area (Å²) in [4.78, 5) is 16.8. The van der Waals surface area contributed by atoms with Gasteiger partial charge in [0, 0.05) is 18.3 Å². The molecule has 1 heterocycles. The molecule has 1 aromatic heterocycles. The number of carboxylic acids is 1. The van der Waals surface area contributed by atoms with E-state index in [4.69, 9.17) is 10.3 Å². The highest BCUT2D eigenvalue weighted by molar-refractivity contribution is 5.73. The van der Waals surface area contributed by atoms with Crippen LogP contribution in [0.4, 0.5) is 0 Å². The highest BCUT2D eigenvalue weighted by atomic mass is 16.5. The Morgan fingerprint density at radius 2 is 2.58 bits per heavy atom. The summed E-state index contributed by atoms with van der Waals surface area (Å²) in [5.41, 5.74) is 2.35. The minimum Gasteiger partial charge on any atom is -0.480 e. The van der Waals surface area contributed by atoms with E-state index in [1.807, 2.05) is 0 Å². The second-order valence-corrected chi connectivity index (χ2v) is 2.30. The van der Waals surface area contributed by atoms with E-state index in [1.54, 1.807) is 5.48 Å². The molecule has 0 unspecified atom stereocenters. The van der Waals surface area contributed by atoms with Crippen molar-refractivity contribution in [3.05, 3.63) is 18.2 Å². The van der Waals surface area contributed by atoms with Crippen molar-refractivity contribution in [3.63, 3.8) is 0 Å². The summed E-state index contributed by atoms with van der Waals surface area (Å²) in [5, 5.41) is 16.9. The van der Waals surface area contributed by atoms with Crippen molar-refractivity contribution in [3.8, 4) is 0 Å². The average Bonchev–Trinajstić information content (AvgIpc) is 2.51. The van der Waals surface area contributed by atoms with Gasteiger partial charge in [0.1, 0.15) is 6.04 Å². The largest absolute Gasteiger partial charge is 0.480 e. The zero-order valence-electron chi connectivity index (χ0n) is 6.19. The van der Waals surface area contributed by atoms with Gasteiger partial charge in [-0.25, -0.2) is 4.98 Å². The van der Waals surface area contributed by atoms with Crippen LogP contribution in [0.1, 0.15) is 5.69 Å². The minimum absolute atomic E-state index is 0.172. The summed E-state index contributed by atoms with van der Waals surface area (Å²) < 4.78 is 0. The Bertz CT molecular complexity index is 247. The van der Waals surface area contributed by atoms with Gasteiger partial charge in [0.15, 0.2) is 0 Å². The topological polar surface area (TPSA) is 98.2 Å². The van der Waals surface area contributed by atoms with E-state index < -0.39 is 12.0 Å². The molecule has 0 radical (unpaired) electrons. The number of hydrogen-bond donors (Lipinski definition) is 4. The highest BCUT2D eigenvalue weighted by Crippen LogP contribution is 1.97. The lowest BCUT2D eigenvalue weighted by Crippen LogP contribution is -2.36. The first kappa shape index (κ1) is 8.69. The first-order chi connectivity index (χ1) is 5.74. The molecule has 1 atom stereocenters. The molecule has 6 heteroatoms. The first-order valence-corrected chi connectivity index (χ1v) is 3.33. The monoisotopic (exact) mass is 171 g/mol. The zero-order valence-corrected chi connectivity index (χ0v) is 6.19. The van der Waals surface area contributed by atoms with E-state index in [0.29, 0.717) is 5.69 Å². The maximum absolute atomic E-state index is 10.4. The quantitative estimate of drug-likeness (QED) is 0.453. The van der Waals surface area contributed by atoms with Crippen LogP contribution in [0.5, 0.6) is 0 Å². The zero-order chi connectivity index (χ0) is 8.97. The number of aliphatic carboxylic acids is 1. The van der Waals surface area contributed by atoms with Crippen LogP contribution in [-0.4, -0.2) is 32.3 Å². The Hall–Kier alpha value is -1.40. The van der Waals surface area contributed by atoms with E-state index in [0.717, 1.165) is 0 Å². The van der Waals surface area contributed by atoms with Gasteiger partial charge in [-0.15, -0.1) is 0 Å². The summed E-state index contributed by atoms with van der Waals surface area (Å²) in [7, 11) is 0. The molecule has 1 rings (SSSR count). The summed E-state index contributed by atoms with van der Waals surface area (Å²) in [6.45, 7) is 0. The Balaban J connectivity index is 2.54. The number of carbonyl (C=O) groups is 1. The Morgan fingerprint density at radius 3 is 3.00 bits per heavy atom. The first-order valence-electron chi connectivity index (χ1n) is 3.33. The number of hydrogen-bond acceptors (Lipinski definition) is 4. The molecule has 0 spiro atoms. The van der Waals surface area contributed by atoms with Crippen molar-refractivity contribution < 1.29 is 15.1 Å². The van der Waals surface area contributed by atoms with Gasteiger partial charge in [-0.1, -0.05) is 0 Å². The molecular weight excluding hydrogens is 162 g/mol. The molecule has 0 aromatic carbocycles. The summed E-state index contributed by atoms with van der Waals surface area (Å²) >= 11 is 0. The molecule has 0 saturated heterocycles. The summed E-state index contributed by atoms with van der Waals surface area (Å²) in [5.74, 6) is -1.10. The molecule has 0 aliphatic rings. The van der Waals surface area contributed by atoms with Crippen LogP contribution < -0.4 is 5.48 Å². The van der Waals surface area contributed by atoms with E-state index >= 15 is 0 Å². The van der Waals surface area contributed by atoms with Gasteiger partial charge >= 0.3 is 5.97 Å². The molecular formula is C6H9N3O3. The van der Waals surface area contributed by atoms with Gasteiger partial charge in [0.05, 0.1) is 6.33 Å². The smallest absolute Gasteiger partial charge is 0.323 e. The molecule has 12 heavy (non-hydrogen) atoms. The van der Waals surface area contributed by atoms with Crippen LogP contribution in [0.15, 0.2) is 12.5 Å². The lowest BCUT2D eigenvalue weighted by Gasteiger charge is -2.07. The number of aromatic nitrogens is 2. The standard InChI is InChI=1S/C6H9N3O3/c10-6(11)5(9-12)1-4-2-7-3-8-4/h2-3,5,9,12H,1H2,(H,7,8)(H,10,11)/t5-/m1/s1. The van der Waals surface area contributed by atoms with Crippen molar-refractivity contribution in [1.82, 2.24) is 15.4 Å². The van der Waals surface area contributed by atoms with Gasteiger partial charge in [-0.2, -0.15) is 5.48 Å². The number of H-pyrrole nitrogens is 1. The number of aromatic amines is 1. The maximum Gasteiger partial charge on any atom is 0.323 e. The maximum atomic E-state index is 10.4. The molecule has 0 fully saturated rings. The van der Waals surface area contributed by atoms with Gasteiger partial charge < -0.3 is 15.3 Å². The van der Waals surface area contributed by atoms with E-state index in [1.165, 1.54) is 12.5 Å². The van der Waals surface area contributed by atoms with Crippen molar-refractivity contribution >= 4 is 5.97 Å². The van der Waals surface area contributed by atoms with Crippen LogP contribution in [0.3, 0.4) is 0 Å². The Morgan fingerprint density at radius 1 is 1.83 bits per heavy atom. The number of nitrogens with zero attached hydrogens (tertiary/aromatic N) is 1.